The molecule has 5 nitrogen and oxygen atoms in total. The number of nitrogens with zero attached hydrogens (tertiary/aromatic N) is 1. The van der Waals surface area contributed by atoms with Gasteiger partial charge in [-0.05, 0) is 48.9 Å². The number of fused-ring (bicyclic) bond motifs is 1. The molecule has 0 amide bonds. The summed E-state index contributed by atoms with van der Waals surface area (Å²) in [5, 5.41) is 13.8. The molecule has 0 bridgehead atoms. The summed E-state index contributed by atoms with van der Waals surface area (Å²) in [6.07, 6.45) is 3.83. The van der Waals surface area contributed by atoms with Gasteiger partial charge in [0.1, 0.15) is 5.75 Å². The topological polar surface area (TPSA) is 71.5 Å². The van der Waals surface area contributed by atoms with Gasteiger partial charge in [-0.25, -0.2) is 4.79 Å². The van der Waals surface area contributed by atoms with Gasteiger partial charge < -0.3 is 15.2 Å². The van der Waals surface area contributed by atoms with Gasteiger partial charge in [0.2, 0.25) is 0 Å². The Morgan fingerprint density at radius 3 is 2.69 bits per heavy atom. The van der Waals surface area contributed by atoms with E-state index in [2.05, 4.69) is 10.3 Å². The third-order valence-corrected chi connectivity index (χ3v) is 3.98. The molecule has 0 aliphatic heterocycles. The molecule has 1 heterocycles. The van der Waals surface area contributed by atoms with E-state index in [9.17, 15) is 9.90 Å². The predicted octanol–water partition coefficient (Wildman–Crippen LogP) is 4.24. The molecular weight excluding hydrogens is 328 g/mol. The number of phenols is 1. The number of hydrogen-bond acceptors (Lipinski definition) is 5. The van der Waals surface area contributed by atoms with Crippen LogP contribution in [-0.2, 0) is 4.74 Å². The number of carbonyl (C=O) groups excluding carboxylic acids is 1. The van der Waals surface area contributed by atoms with Crippen LogP contribution < -0.4 is 5.32 Å². The molecule has 0 fully saturated rings. The first-order valence-corrected chi connectivity index (χ1v) is 8.23. The number of nitrogens with one attached hydrogen (secondary N) is 1. The normalized spacial score (nSPS) is 11.4. The molecule has 26 heavy (non-hydrogen) atoms. The molecule has 132 valence electrons. The molecule has 3 rings (SSSR count). The Kier molecular flexibility index (Phi) is 5.17. The van der Waals surface area contributed by atoms with Crippen LogP contribution in [0.1, 0.15) is 22.8 Å². The predicted molar refractivity (Wildman–Crippen MR) is 103 cm³/mol. The summed E-state index contributed by atoms with van der Waals surface area (Å²) in [5.74, 6) is -0.114. The van der Waals surface area contributed by atoms with Crippen molar-refractivity contribution >= 4 is 28.6 Å². The van der Waals surface area contributed by atoms with Crippen molar-refractivity contribution in [2.24, 2.45) is 0 Å². The molecule has 0 aliphatic rings. The van der Waals surface area contributed by atoms with Crippen molar-refractivity contribution in [3.8, 4) is 5.75 Å². The summed E-state index contributed by atoms with van der Waals surface area (Å²) in [7, 11) is 1.37. The molecule has 2 aromatic carbocycles. The zero-order chi connectivity index (χ0) is 18.5. The number of esters is 1. The van der Waals surface area contributed by atoms with Gasteiger partial charge in [-0.3, -0.25) is 4.98 Å². The summed E-state index contributed by atoms with van der Waals surface area (Å²) in [4.78, 5) is 15.8. The van der Waals surface area contributed by atoms with Crippen LogP contribution in [0.25, 0.3) is 17.0 Å². The lowest BCUT2D eigenvalue weighted by atomic mass is 10.1. The van der Waals surface area contributed by atoms with Crippen molar-refractivity contribution in [3.05, 3.63) is 71.4 Å². The summed E-state index contributed by atoms with van der Waals surface area (Å²) in [5.41, 5.74) is 4.40. The first-order chi connectivity index (χ1) is 12.5. The zero-order valence-corrected chi connectivity index (χ0v) is 14.7. The van der Waals surface area contributed by atoms with Crippen LogP contribution in [0.4, 0.5) is 5.69 Å². The van der Waals surface area contributed by atoms with Crippen molar-refractivity contribution < 1.29 is 14.6 Å². The van der Waals surface area contributed by atoms with E-state index in [0.717, 1.165) is 27.7 Å². The van der Waals surface area contributed by atoms with E-state index in [1.54, 1.807) is 36.5 Å². The van der Waals surface area contributed by atoms with Crippen molar-refractivity contribution in [2.75, 3.05) is 19.0 Å². The first kappa shape index (κ1) is 17.5. The van der Waals surface area contributed by atoms with Gasteiger partial charge in [0, 0.05) is 11.9 Å². The summed E-state index contributed by atoms with van der Waals surface area (Å²) in [6.45, 7) is 2.69. The Morgan fingerprint density at radius 2 is 1.96 bits per heavy atom. The number of hydrogen-bond donors (Lipinski definition) is 2. The second kappa shape index (κ2) is 7.70. The summed E-state index contributed by atoms with van der Waals surface area (Å²) in [6, 6.07) is 14.3. The second-order valence-electron chi connectivity index (χ2n) is 6.06. The standard InChI is InChI=1S/C21H20N2O3/c1-14(9-15-3-5-16(6-4-15)21(25)26-2)12-22-18-10-17-11-19(24)7-8-20(17)23-13-18/h3-11,13,22,24H,12H2,1-2H3/b14-9+. The highest BCUT2D eigenvalue weighted by atomic mass is 16.5. The number of benzene rings is 2. The SMILES string of the molecule is COC(=O)c1ccc(/C=C(\C)CNc2cnc3ccc(O)cc3c2)cc1. The quantitative estimate of drug-likeness (QED) is 0.675. The highest BCUT2D eigenvalue weighted by Gasteiger charge is 2.04. The Morgan fingerprint density at radius 1 is 1.19 bits per heavy atom. The molecule has 0 saturated heterocycles. The van der Waals surface area contributed by atoms with Crippen LogP contribution in [0.2, 0.25) is 0 Å². The third-order valence-electron chi connectivity index (χ3n) is 3.98. The minimum atomic E-state index is -0.339. The molecule has 1 aromatic heterocycles. The van der Waals surface area contributed by atoms with E-state index in [1.165, 1.54) is 7.11 Å². The molecule has 0 saturated carbocycles. The fourth-order valence-corrected chi connectivity index (χ4v) is 2.63. The minimum Gasteiger partial charge on any atom is -0.508 e. The van der Waals surface area contributed by atoms with E-state index < -0.39 is 0 Å². The largest absolute Gasteiger partial charge is 0.508 e. The Hall–Kier alpha value is -3.34. The maximum absolute atomic E-state index is 11.5. The van der Waals surface area contributed by atoms with Gasteiger partial charge in [0.15, 0.2) is 0 Å². The molecule has 5 heteroatoms. The van der Waals surface area contributed by atoms with Crippen molar-refractivity contribution in [1.29, 1.82) is 0 Å². The van der Waals surface area contributed by atoms with Gasteiger partial charge in [0.05, 0.1) is 30.1 Å². The van der Waals surface area contributed by atoms with Crippen LogP contribution in [-0.4, -0.2) is 29.7 Å². The molecule has 0 aliphatic carbocycles. The second-order valence-corrected chi connectivity index (χ2v) is 6.06. The number of pyridine rings is 1. The van der Waals surface area contributed by atoms with E-state index in [1.807, 2.05) is 31.2 Å². The number of aromatic nitrogens is 1. The van der Waals surface area contributed by atoms with Crippen molar-refractivity contribution in [3.63, 3.8) is 0 Å². The average molecular weight is 348 g/mol. The number of anilines is 1. The molecule has 0 spiro atoms. The highest BCUT2D eigenvalue weighted by molar-refractivity contribution is 5.89. The highest BCUT2D eigenvalue weighted by Crippen LogP contribution is 2.21. The van der Waals surface area contributed by atoms with Crippen molar-refractivity contribution in [2.45, 2.75) is 6.92 Å². The molecule has 0 unspecified atom stereocenters. The Balaban J connectivity index is 1.67. The van der Waals surface area contributed by atoms with E-state index in [0.29, 0.717) is 12.1 Å². The van der Waals surface area contributed by atoms with Crippen LogP contribution in [0.15, 0.2) is 60.3 Å². The Labute approximate surface area is 152 Å². The number of carbonyl (C=O) groups is 1. The van der Waals surface area contributed by atoms with E-state index in [-0.39, 0.29) is 11.7 Å². The lowest BCUT2D eigenvalue weighted by molar-refractivity contribution is 0.0600. The monoisotopic (exact) mass is 348 g/mol. The maximum Gasteiger partial charge on any atom is 0.337 e. The number of aromatic hydroxyl groups is 1. The van der Waals surface area contributed by atoms with Crippen LogP contribution in [0, 0.1) is 0 Å². The maximum atomic E-state index is 11.5. The molecule has 0 radical (unpaired) electrons. The van der Waals surface area contributed by atoms with Crippen LogP contribution in [0.5, 0.6) is 5.75 Å². The summed E-state index contributed by atoms with van der Waals surface area (Å²) < 4.78 is 4.70. The fourth-order valence-electron chi connectivity index (χ4n) is 2.63. The van der Waals surface area contributed by atoms with Crippen LogP contribution >= 0.6 is 0 Å². The van der Waals surface area contributed by atoms with Gasteiger partial charge in [-0.15, -0.1) is 0 Å². The van der Waals surface area contributed by atoms with Gasteiger partial charge in [-0.1, -0.05) is 23.8 Å². The smallest absolute Gasteiger partial charge is 0.337 e. The number of rotatable bonds is 5. The summed E-state index contributed by atoms with van der Waals surface area (Å²) >= 11 is 0. The molecule has 2 N–H and O–H groups in total. The molecular formula is C21H20N2O3. The number of phenolic OH excluding ortho intramolecular Hbond substituents is 1. The molecule has 0 atom stereocenters. The minimum absolute atomic E-state index is 0.225. The lowest BCUT2D eigenvalue weighted by Gasteiger charge is -2.08. The molecule has 3 aromatic rings. The lowest BCUT2D eigenvalue weighted by Crippen LogP contribution is -2.03. The van der Waals surface area contributed by atoms with Crippen LogP contribution in [0.3, 0.4) is 0 Å². The Bertz CT molecular complexity index is 963. The zero-order valence-electron chi connectivity index (χ0n) is 14.7. The third kappa shape index (κ3) is 4.19. The van der Waals surface area contributed by atoms with E-state index in [4.69, 9.17) is 4.74 Å². The first-order valence-electron chi connectivity index (χ1n) is 8.23. The van der Waals surface area contributed by atoms with E-state index >= 15 is 0 Å². The van der Waals surface area contributed by atoms with Gasteiger partial charge in [0.25, 0.3) is 0 Å². The average Bonchev–Trinajstić information content (AvgIpc) is 2.66. The van der Waals surface area contributed by atoms with Crippen molar-refractivity contribution in [1.82, 2.24) is 4.98 Å². The fraction of sp³-hybridized carbons (Fsp3) is 0.143. The number of ether oxygens (including phenoxy) is 1. The van der Waals surface area contributed by atoms with Gasteiger partial charge >= 0.3 is 5.97 Å². The number of methoxy groups -OCH3 is 1. The van der Waals surface area contributed by atoms with Gasteiger partial charge in [-0.2, -0.15) is 0 Å².